The smallest absolute Gasteiger partial charge is 0.257 e. The monoisotopic (exact) mass is 335 g/mol. The van der Waals surface area contributed by atoms with Crippen molar-refractivity contribution >= 4 is 18.2 Å². The second-order valence-corrected chi connectivity index (χ2v) is 5.97. The Hall–Kier alpha value is -2.92. The van der Waals surface area contributed by atoms with E-state index in [-0.39, 0.29) is 12.0 Å². The largest absolute Gasteiger partial charge is 0.485 e. The van der Waals surface area contributed by atoms with E-state index in [1.165, 1.54) is 0 Å². The Bertz CT molecular complexity index is 800. The zero-order chi connectivity index (χ0) is 17.6. The second kappa shape index (κ2) is 7.77. The Morgan fingerprint density at radius 2 is 1.96 bits per heavy atom. The van der Waals surface area contributed by atoms with Crippen LogP contribution in [-0.2, 0) is 11.2 Å². The number of benzene rings is 2. The number of hydrogen-bond acceptors (Lipinski definition) is 4. The minimum Gasteiger partial charge on any atom is -0.485 e. The fraction of sp³-hybridized carbons (Fsp3) is 0.200. The molecule has 5 heteroatoms. The van der Waals surface area contributed by atoms with Crippen LogP contribution in [0.15, 0.2) is 65.3 Å². The van der Waals surface area contributed by atoms with Crippen molar-refractivity contribution in [1.82, 2.24) is 5.43 Å². The van der Waals surface area contributed by atoms with Crippen LogP contribution in [0.5, 0.6) is 5.75 Å². The molecule has 25 heavy (non-hydrogen) atoms. The Morgan fingerprint density at radius 1 is 1.24 bits per heavy atom. The van der Waals surface area contributed by atoms with Gasteiger partial charge in [0.25, 0.3) is 5.91 Å². The maximum Gasteiger partial charge on any atom is 0.257 e. The SMILES string of the molecule is C[C@@H]1Oc2ccccc2C=C1/C=N\NC(=O)[C@H](N)Cc1ccccc1. The standard InChI is InChI=1S/C20H21N3O2/c1-14-17(12-16-9-5-6-10-19(16)25-14)13-22-23-20(24)18(21)11-15-7-3-2-4-8-15/h2-10,12-14,18H,11,21H2,1H3,(H,23,24)/b22-13-/t14-,18+/m0/s1. The first-order chi connectivity index (χ1) is 12.1. The molecule has 2 aromatic rings. The highest BCUT2D eigenvalue weighted by Gasteiger charge is 2.17. The van der Waals surface area contributed by atoms with E-state index in [0.717, 1.165) is 22.4 Å². The fourth-order valence-corrected chi connectivity index (χ4v) is 2.62. The summed E-state index contributed by atoms with van der Waals surface area (Å²) < 4.78 is 5.83. The zero-order valence-corrected chi connectivity index (χ0v) is 14.1. The normalized spacial score (nSPS) is 17.4. The van der Waals surface area contributed by atoms with Crippen molar-refractivity contribution in [3.8, 4) is 5.75 Å². The number of carbonyl (C=O) groups is 1. The number of nitrogens with zero attached hydrogens (tertiary/aromatic N) is 1. The Morgan fingerprint density at radius 3 is 2.76 bits per heavy atom. The number of rotatable bonds is 5. The van der Waals surface area contributed by atoms with Gasteiger partial charge in [-0.15, -0.1) is 0 Å². The highest BCUT2D eigenvalue weighted by Crippen LogP contribution is 2.28. The summed E-state index contributed by atoms with van der Waals surface area (Å²) in [4.78, 5) is 12.1. The van der Waals surface area contributed by atoms with Crippen LogP contribution < -0.4 is 15.9 Å². The second-order valence-electron chi connectivity index (χ2n) is 5.97. The Balaban J connectivity index is 1.59. The predicted molar refractivity (Wildman–Crippen MR) is 99.3 cm³/mol. The predicted octanol–water partition coefficient (Wildman–Crippen LogP) is 2.52. The molecule has 0 aromatic heterocycles. The maximum absolute atomic E-state index is 12.1. The van der Waals surface area contributed by atoms with Crippen LogP contribution in [0.4, 0.5) is 0 Å². The number of hydrogen-bond donors (Lipinski definition) is 2. The van der Waals surface area contributed by atoms with Crippen molar-refractivity contribution in [1.29, 1.82) is 0 Å². The lowest BCUT2D eigenvalue weighted by Gasteiger charge is -2.22. The summed E-state index contributed by atoms with van der Waals surface area (Å²) in [6, 6.07) is 16.8. The van der Waals surface area contributed by atoms with Gasteiger partial charge in [0.15, 0.2) is 0 Å². The first-order valence-electron chi connectivity index (χ1n) is 8.23. The molecular weight excluding hydrogens is 314 g/mol. The third-order valence-electron chi connectivity index (χ3n) is 4.04. The average Bonchev–Trinajstić information content (AvgIpc) is 2.62. The van der Waals surface area contributed by atoms with Crippen molar-refractivity contribution in [2.75, 3.05) is 0 Å². The molecule has 0 saturated carbocycles. The number of hydrazone groups is 1. The van der Waals surface area contributed by atoms with Crippen molar-refractivity contribution in [3.05, 3.63) is 71.3 Å². The van der Waals surface area contributed by atoms with Crippen molar-refractivity contribution in [3.63, 3.8) is 0 Å². The van der Waals surface area contributed by atoms with Crippen molar-refractivity contribution in [2.45, 2.75) is 25.5 Å². The van der Waals surface area contributed by atoms with Crippen LogP contribution in [0.1, 0.15) is 18.1 Å². The van der Waals surface area contributed by atoms with E-state index >= 15 is 0 Å². The van der Waals surface area contributed by atoms with E-state index in [1.54, 1.807) is 6.21 Å². The van der Waals surface area contributed by atoms with E-state index in [0.29, 0.717) is 6.42 Å². The maximum atomic E-state index is 12.1. The van der Waals surface area contributed by atoms with Crippen LogP contribution in [0.25, 0.3) is 6.08 Å². The minimum absolute atomic E-state index is 0.131. The van der Waals surface area contributed by atoms with E-state index < -0.39 is 6.04 Å². The molecule has 0 unspecified atom stereocenters. The van der Waals surface area contributed by atoms with Gasteiger partial charge in [0.2, 0.25) is 0 Å². The molecule has 3 N–H and O–H groups in total. The van der Waals surface area contributed by atoms with Gasteiger partial charge in [-0.05, 0) is 31.1 Å². The van der Waals surface area contributed by atoms with Crippen LogP contribution >= 0.6 is 0 Å². The molecule has 1 aliphatic rings. The van der Waals surface area contributed by atoms with E-state index in [9.17, 15) is 4.79 Å². The average molecular weight is 335 g/mol. The number of carbonyl (C=O) groups excluding carboxylic acids is 1. The van der Waals surface area contributed by atoms with Crippen LogP contribution in [0.2, 0.25) is 0 Å². The van der Waals surface area contributed by atoms with Gasteiger partial charge >= 0.3 is 0 Å². The summed E-state index contributed by atoms with van der Waals surface area (Å²) in [6.45, 7) is 1.94. The Labute approximate surface area is 147 Å². The molecule has 128 valence electrons. The molecular formula is C20H21N3O2. The lowest BCUT2D eigenvalue weighted by Crippen LogP contribution is -2.40. The first-order valence-corrected chi connectivity index (χ1v) is 8.23. The molecule has 1 heterocycles. The van der Waals surface area contributed by atoms with Gasteiger partial charge in [0, 0.05) is 11.1 Å². The molecule has 1 amide bonds. The van der Waals surface area contributed by atoms with Gasteiger partial charge in [0.05, 0.1) is 12.3 Å². The molecule has 0 aliphatic carbocycles. The highest BCUT2D eigenvalue weighted by atomic mass is 16.5. The lowest BCUT2D eigenvalue weighted by atomic mass is 10.0. The molecule has 0 saturated heterocycles. The number of fused-ring (bicyclic) bond motifs is 1. The summed E-state index contributed by atoms with van der Waals surface area (Å²) in [5, 5.41) is 4.03. The topological polar surface area (TPSA) is 76.7 Å². The van der Waals surface area contributed by atoms with E-state index in [4.69, 9.17) is 10.5 Å². The molecule has 0 radical (unpaired) electrons. The molecule has 0 bridgehead atoms. The van der Waals surface area contributed by atoms with Crippen LogP contribution in [0, 0.1) is 0 Å². The molecule has 0 spiro atoms. The fourth-order valence-electron chi connectivity index (χ4n) is 2.62. The molecule has 1 aliphatic heterocycles. The van der Waals surface area contributed by atoms with Crippen molar-refractivity contribution < 1.29 is 9.53 Å². The Kier molecular flexibility index (Phi) is 5.26. The number of nitrogens with two attached hydrogens (primary N) is 1. The number of ether oxygens (including phenoxy) is 1. The summed E-state index contributed by atoms with van der Waals surface area (Å²) in [5.41, 5.74) is 11.3. The molecule has 2 aromatic carbocycles. The highest BCUT2D eigenvalue weighted by molar-refractivity contribution is 5.90. The number of para-hydroxylation sites is 1. The summed E-state index contributed by atoms with van der Waals surface area (Å²) in [7, 11) is 0. The summed E-state index contributed by atoms with van der Waals surface area (Å²) in [6.07, 6.45) is 3.95. The summed E-state index contributed by atoms with van der Waals surface area (Å²) in [5.74, 6) is 0.534. The van der Waals surface area contributed by atoms with Gasteiger partial charge in [-0.3, -0.25) is 4.79 Å². The molecule has 2 atom stereocenters. The number of amides is 1. The van der Waals surface area contributed by atoms with Gasteiger partial charge < -0.3 is 10.5 Å². The summed E-state index contributed by atoms with van der Waals surface area (Å²) >= 11 is 0. The quantitative estimate of drug-likeness (QED) is 0.651. The van der Waals surface area contributed by atoms with E-state index in [1.807, 2.05) is 67.6 Å². The number of nitrogens with one attached hydrogen (secondary N) is 1. The zero-order valence-electron chi connectivity index (χ0n) is 14.1. The van der Waals surface area contributed by atoms with Gasteiger partial charge in [-0.1, -0.05) is 48.5 Å². The van der Waals surface area contributed by atoms with Gasteiger partial charge in [-0.25, -0.2) is 5.43 Å². The third-order valence-corrected chi connectivity index (χ3v) is 4.04. The van der Waals surface area contributed by atoms with Gasteiger partial charge in [0.1, 0.15) is 11.9 Å². The van der Waals surface area contributed by atoms with Crippen molar-refractivity contribution in [2.24, 2.45) is 10.8 Å². The molecule has 0 fully saturated rings. The third kappa shape index (κ3) is 4.33. The van der Waals surface area contributed by atoms with Crippen LogP contribution in [-0.4, -0.2) is 24.3 Å². The molecule has 3 rings (SSSR count). The van der Waals surface area contributed by atoms with E-state index in [2.05, 4.69) is 10.5 Å². The van der Waals surface area contributed by atoms with Gasteiger partial charge in [-0.2, -0.15) is 5.10 Å². The lowest BCUT2D eigenvalue weighted by molar-refractivity contribution is -0.122. The van der Waals surface area contributed by atoms with Crippen LogP contribution in [0.3, 0.4) is 0 Å². The first kappa shape index (κ1) is 16.9. The minimum atomic E-state index is -0.644. The molecule has 5 nitrogen and oxygen atoms in total.